The molecule has 2 aromatic heterocycles. The Labute approximate surface area is 276 Å². The van der Waals surface area contributed by atoms with Crippen molar-refractivity contribution in [2.24, 2.45) is 23.7 Å². The Morgan fingerprint density at radius 3 is 2.15 bits per heavy atom. The topological polar surface area (TPSA) is 98.0 Å². The molecule has 4 fully saturated rings. The van der Waals surface area contributed by atoms with Crippen LogP contribution in [-0.2, 0) is 9.59 Å². The molecule has 2 saturated carbocycles. The minimum atomic E-state index is 0.0287. The number of hydrogen-bond acceptors (Lipinski definition) is 4. The van der Waals surface area contributed by atoms with Gasteiger partial charge in [-0.15, -0.1) is 0 Å². The highest BCUT2D eigenvalue weighted by Crippen LogP contribution is 2.53. The molecule has 0 bridgehead atoms. The van der Waals surface area contributed by atoms with E-state index in [1.54, 1.807) is 6.20 Å². The summed E-state index contributed by atoms with van der Waals surface area (Å²) in [4.78, 5) is 46.8. The third-order valence-electron chi connectivity index (χ3n) is 10.8. The highest BCUT2D eigenvalue weighted by molar-refractivity contribution is 5.88. The molecule has 2 aliphatic heterocycles. The Bertz CT molecular complexity index is 1910. The fraction of sp³-hybridized carbons (Fsp3) is 0.487. The quantitative estimate of drug-likeness (QED) is 0.212. The number of imidazole rings is 2. The first kappa shape index (κ1) is 30.0. The molecule has 4 aromatic rings. The van der Waals surface area contributed by atoms with Gasteiger partial charge in [0.25, 0.3) is 0 Å². The number of rotatable bonds is 7. The molecule has 0 spiro atoms. The van der Waals surface area contributed by atoms with Crippen LogP contribution >= 0.6 is 0 Å². The predicted molar refractivity (Wildman–Crippen MR) is 182 cm³/mol. The van der Waals surface area contributed by atoms with E-state index in [2.05, 4.69) is 101 Å². The maximum Gasteiger partial charge on any atom is 0.223 e. The zero-order chi connectivity index (χ0) is 32.4. The van der Waals surface area contributed by atoms with Crippen molar-refractivity contribution < 1.29 is 9.59 Å². The number of piperidine rings is 1. The van der Waals surface area contributed by atoms with E-state index in [0.717, 1.165) is 70.6 Å². The van der Waals surface area contributed by atoms with Gasteiger partial charge in [0.2, 0.25) is 11.8 Å². The first-order valence-corrected chi connectivity index (χ1v) is 17.5. The lowest BCUT2D eigenvalue weighted by molar-refractivity contribution is -0.137. The van der Waals surface area contributed by atoms with Crippen molar-refractivity contribution in [3.63, 3.8) is 0 Å². The van der Waals surface area contributed by atoms with Crippen LogP contribution in [0.3, 0.4) is 0 Å². The second-order valence-corrected chi connectivity index (χ2v) is 15.2. The Morgan fingerprint density at radius 1 is 0.766 bits per heavy atom. The van der Waals surface area contributed by atoms with Crippen LogP contribution in [0.5, 0.6) is 0 Å². The summed E-state index contributed by atoms with van der Waals surface area (Å²) in [6.07, 6.45) is 10.3. The highest BCUT2D eigenvalue weighted by Gasteiger charge is 2.55. The van der Waals surface area contributed by atoms with Gasteiger partial charge in [-0.25, -0.2) is 9.97 Å². The zero-order valence-corrected chi connectivity index (χ0v) is 27.8. The summed E-state index contributed by atoms with van der Waals surface area (Å²) >= 11 is 0. The summed E-state index contributed by atoms with van der Waals surface area (Å²) in [5.41, 5.74) is 3.75. The zero-order valence-electron chi connectivity index (χ0n) is 27.8. The summed E-state index contributed by atoms with van der Waals surface area (Å²) in [5, 5.41) is 2.25. The van der Waals surface area contributed by atoms with Gasteiger partial charge in [-0.2, -0.15) is 0 Å². The molecule has 8 heteroatoms. The van der Waals surface area contributed by atoms with Gasteiger partial charge in [0, 0.05) is 36.1 Å². The number of aromatic nitrogens is 4. The number of benzene rings is 2. The van der Waals surface area contributed by atoms with Crippen molar-refractivity contribution in [3.8, 4) is 23.1 Å². The summed E-state index contributed by atoms with van der Waals surface area (Å²) in [7, 11) is 0. The number of carbonyl (C=O) groups is 2. The van der Waals surface area contributed by atoms with Crippen LogP contribution in [0.4, 0.5) is 0 Å². The first-order valence-electron chi connectivity index (χ1n) is 17.5. The molecule has 2 saturated heterocycles. The smallest absolute Gasteiger partial charge is 0.223 e. The highest BCUT2D eigenvalue weighted by atomic mass is 16.2. The lowest BCUT2D eigenvalue weighted by Crippen LogP contribution is -2.44. The minimum absolute atomic E-state index is 0.0287. The molecule has 2 amide bonds. The number of H-pyrrole nitrogens is 2. The molecule has 2 aromatic carbocycles. The molecule has 4 heterocycles. The summed E-state index contributed by atoms with van der Waals surface area (Å²) in [6, 6.07) is 13.5. The lowest BCUT2D eigenvalue weighted by atomic mass is 9.80. The SMILES string of the molecule is CC(C)CC(=O)N1[C@@H]2C[C@@H]2C[C@H]1c1ncc(C#Cc2ccc3cc(-c4cnc([C@@H]5C[C@H]6CC[C@H]6N5C(=O)CC(C)C)[nH]4)ccc3c2)[nH]1. The van der Waals surface area contributed by atoms with Gasteiger partial charge >= 0.3 is 0 Å². The Morgan fingerprint density at radius 2 is 1.43 bits per heavy atom. The number of aromatic amines is 2. The molecule has 242 valence electrons. The molecule has 47 heavy (non-hydrogen) atoms. The second kappa shape index (κ2) is 11.7. The van der Waals surface area contributed by atoms with E-state index in [4.69, 9.17) is 4.98 Å². The number of carbonyl (C=O) groups excluding carboxylic acids is 2. The van der Waals surface area contributed by atoms with Crippen molar-refractivity contribution in [1.82, 2.24) is 29.7 Å². The summed E-state index contributed by atoms with van der Waals surface area (Å²) < 4.78 is 0. The van der Waals surface area contributed by atoms with E-state index in [1.807, 2.05) is 6.20 Å². The van der Waals surface area contributed by atoms with E-state index < -0.39 is 0 Å². The monoisotopic (exact) mass is 628 g/mol. The third kappa shape index (κ3) is 5.64. The number of likely N-dealkylation sites (tertiary alicyclic amines) is 2. The van der Waals surface area contributed by atoms with Crippen molar-refractivity contribution in [2.75, 3.05) is 0 Å². The van der Waals surface area contributed by atoms with Gasteiger partial charge in [0.1, 0.15) is 17.3 Å². The van der Waals surface area contributed by atoms with Gasteiger partial charge in [0.15, 0.2) is 0 Å². The number of hydrogen-bond donors (Lipinski definition) is 2. The first-order chi connectivity index (χ1) is 22.7. The van der Waals surface area contributed by atoms with E-state index in [9.17, 15) is 9.59 Å². The van der Waals surface area contributed by atoms with E-state index in [-0.39, 0.29) is 23.9 Å². The second-order valence-electron chi connectivity index (χ2n) is 15.2. The van der Waals surface area contributed by atoms with Gasteiger partial charge in [-0.1, -0.05) is 51.8 Å². The van der Waals surface area contributed by atoms with Crippen molar-refractivity contribution >= 4 is 22.6 Å². The molecule has 0 radical (unpaired) electrons. The Kier molecular flexibility index (Phi) is 7.46. The van der Waals surface area contributed by atoms with Crippen LogP contribution in [0.1, 0.15) is 108 Å². The number of amides is 2. The van der Waals surface area contributed by atoms with Crippen molar-refractivity contribution in [3.05, 3.63) is 71.7 Å². The fourth-order valence-electron chi connectivity index (χ4n) is 8.25. The third-order valence-corrected chi connectivity index (χ3v) is 10.8. The molecule has 2 aliphatic carbocycles. The van der Waals surface area contributed by atoms with Crippen LogP contribution in [0.25, 0.3) is 22.0 Å². The van der Waals surface area contributed by atoms with Crippen LogP contribution in [0, 0.1) is 35.5 Å². The van der Waals surface area contributed by atoms with E-state index >= 15 is 0 Å². The summed E-state index contributed by atoms with van der Waals surface area (Å²) in [5.74, 6) is 10.7. The molecule has 0 unspecified atom stereocenters. The standard InChI is InChI=1S/C39H44N6O2/c1-22(2)13-36(46)44-32-12-10-28(32)17-34(44)39-41-21-31(43-39)27-9-8-25-15-24(5-7-26(25)16-27)6-11-30-20-40-38(42-30)35-19-29-18-33(29)45(35)37(47)14-23(3)4/h5,7-9,15-16,20-23,28-29,32-35H,10,12-14,17-19H2,1-4H3,(H,40,42)(H,41,43)/t28-,29-,32-,33-,34+,35+/m1/s1. The molecule has 4 aliphatic rings. The van der Waals surface area contributed by atoms with Gasteiger partial charge < -0.3 is 19.8 Å². The molecular weight excluding hydrogens is 584 g/mol. The van der Waals surface area contributed by atoms with Crippen molar-refractivity contribution in [2.45, 2.75) is 96.8 Å². The largest absolute Gasteiger partial charge is 0.340 e. The maximum atomic E-state index is 13.2. The molecule has 2 N–H and O–H groups in total. The molecule has 8 rings (SSSR count). The number of nitrogens with one attached hydrogen (secondary N) is 2. The lowest BCUT2D eigenvalue weighted by Gasteiger charge is -2.37. The van der Waals surface area contributed by atoms with Crippen LogP contribution in [0.2, 0.25) is 0 Å². The molecule has 6 atom stereocenters. The number of nitrogens with zero attached hydrogens (tertiary/aromatic N) is 4. The van der Waals surface area contributed by atoms with E-state index in [0.29, 0.717) is 48.6 Å². The van der Waals surface area contributed by atoms with Crippen LogP contribution < -0.4 is 0 Å². The van der Waals surface area contributed by atoms with Crippen molar-refractivity contribution in [1.29, 1.82) is 0 Å². The Hall–Kier alpha value is -4.38. The minimum Gasteiger partial charge on any atom is -0.340 e. The van der Waals surface area contributed by atoms with Crippen LogP contribution in [-0.4, -0.2) is 53.6 Å². The Balaban J connectivity index is 0.967. The average molecular weight is 629 g/mol. The van der Waals surface area contributed by atoms with Gasteiger partial charge in [-0.3, -0.25) is 9.59 Å². The fourth-order valence-corrected chi connectivity index (χ4v) is 8.25. The van der Waals surface area contributed by atoms with Crippen LogP contribution in [0.15, 0.2) is 48.8 Å². The number of fused-ring (bicyclic) bond motifs is 3. The van der Waals surface area contributed by atoms with Gasteiger partial charge in [-0.05, 0) is 90.7 Å². The predicted octanol–water partition coefficient (Wildman–Crippen LogP) is 7.16. The maximum absolute atomic E-state index is 13.2. The molecular formula is C39H44N6O2. The summed E-state index contributed by atoms with van der Waals surface area (Å²) in [6.45, 7) is 8.42. The molecule has 8 nitrogen and oxygen atoms in total. The van der Waals surface area contributed by atoms with E-state index in [1.165, 1.54) is 6.42 Å². The average Bonchev–Trinajstić information content (AvgIpc) is 3.43. The van der Waals surface area contributed by atoms with Gasteiger partial charge in [0.05, 0.1) is 30.2 Å². The normalized spacial score (nSPS) is 25.9.